The molecule has 1 aliphatic rings. The van der Waals surface area contributed by atoms with Gasteiger partial charge < -0.3 is 14.2 Å². The molecule has 1 amide bonds. The number of carbonyl (C=O) groups excluding carboxylic acids is 2. The third kappa shape index (κ3) is 3.66. The average Bonchev–Trinajstić information content (AvgIpc) is 3.30. The first-order chi connectivity index (χ1) is 14.1. The van der Waals surface area contributed by atoms with Gasteiger partial charge in [-0.2, -0.15) is 0 Å². The van der Waals surface area contributed by atoms with Crippen LogP contribution < -0.4 is 0 Å². The first-order valence-electron chi connectivity index (χ1n) is 9.58. The first kappa shape index (κ1) is 18.9. The summed E-state index contributed by atoms with van der Waals surface area (Å²) >= 11 is 0. The van der Waals surface area contributed by atoms with Crippen molar-refractivity contribution in [3.05, 3.63) is 90.0 Å². The summed E-state index contributed by atoms with van der Waals surface area (Å²) in [7, 11) is 3.70. The van der Waals surface area contributed by atoms with Crippen LogP contribution in [0, 0.1) is 5.92 Å². The smallest absolute Gasteiger partial charge is 0.338 e. The van der Waals surface area contributed by atoms with E-state index < -0.39 is 18.0 Å². The Labute approximate surface area is 169 Å². The molecule has 0 spiro atoms. The third-order valence-electron chi connectivity index (χ3n) is 5.50. The van der Waals surface area contributed by atoms with Crippen LogP contribution >= 0.6 is 0 Å². The lowest BCUT2D eigenvalue weighted by molar-refractivity contribution is -0.133. The lowest BCUT2D eigenvalue weighted by Crippen LogP contribution is -2.30. The van der Waals surface area contributed by atoms with E-state index in [0.717, 1.165) is 11.3 Å². The monoisotopic (exact) mass is 389 g/mol. The fourth-order valence-corrected chi connectivity index (χ4v) is 4.02. The van der Waals surface area contributed by atoms with Crippen LogP contribution in [0.15, 0.2) is 73.2 Å². The molecule has 1 aromatic heterocycles. The molecule has 3 aromatic rings. The number of amides is 1. The molecule has 0 unspecified atom stereocenters. The van der Waals surface area contributed by atoms with Crippen molar-refractivity contribution in [3.63, 3.8) is 0 Å². The summed E-state index contributed by atoms with van der Waals surface area (Å²) in [6.07, 6.45) is 2.81. The SMILES string of the molecule is CN1C[C@H](c2cncn2C)[C@@H]([C@@H](OC(=O)c2ccccc2)c2ccccc2)C1=O. The predicted octanol–water partition coefficient (Wildman–Crippen LogP) is 3.19. The maximum absolute atomic E-state index is 13.2. The highest BCUT2D eigenvalue weighted by atomic mass is 16.5. The lowest BCUT2D eigenvalue weighted by atomic mass is 9.84. The van der Waals surface area contributed by atoms with Crippen LogP contribution in [0.1, 0.15) is 33.6 Å². The fraction of sp³-hybridized carbons (Fsp3) is 0.261. The molecule has 1 fully saturated rings. The number of likely N-dealkylation sites (N-methyl/N-ethyl adjacent to an activating group) is 1. The molecule has 148 valence electrons. The van der Waals surface area contributed by atoms with Crippen LogP contribution in [0.4, 0.5) is 0 Å². The minimum atomic E-state index is -0.693. The number of aryl methyl sites for hydroxylation is 1. The highest BCUT2D eigenvalue weighted by Crippen LogP contribution is 2.42. The van der Waals surface area contributed by atoms with Crippen molar-refractivity contribution >= 4 is 11.9 Å². The Kier molecular flexibility index (Phi) is 5.16. The number of nitrogens with zero attached hydrogens (tertiary/aromatic N) is 3. The van der Waals surface area contributed by atoms with Crippen LogP contribution in [-0.2, 0) is 16.6 Å². The van der Waals surface area contributed by atoms with Gasteiger partial charge in [-0.05, 0) is 17.7 Å². The molecule has 6 heteroatoms. The summed E-state index contributed by atoms with van der Waals surface area (Å²) in [6.45, 7) is 0.551. The number of benzene rings is 2. The van der Waals surface area contributed by atoms with E-state index in [9.17, 15) is 9.59 Å². The number of ether oxygens (including phenoxy) is 1. The summed E-state index contributed by atoms with van der Waals surface area (Å²) in [5.41, 5.74) is 2.21. The normalized spacial score (nSPS) is 19.9. The molecule has 0 saturated carbocycles. The Morgan fingerprint density at radius 1 is 1.07 bits per heavy atom. The van der Waals surface area contributed by atoms with Gasteiger partial charge in [0.2, 0.25) is 5.91 Å². The zero-order chi connectivity index (χ0) is 20.4. The van der Waals surface area contributed by atoms with E-state index >= 15 is 0 Å². The summed E-state index contributed by atoms with van der Waals surface area (Å²) in [4.78, 5) is 31.9. The van der Waals surface area contributed by atoms with Gasteiger partial charge in [0.15, 0.2) is 0 Å². The quantitative estimate of drug-likeness (QED) is 0.629. The van der Waals surface area contributed by atoms with E-state index in [1.807, 2.05) is 48.0 Å². The molecule has 0 N–H and O–H groups in total. The van der Waals surface area contributed by atoms with Crippen molar-refractivity contribution in [3.8, 4) is 0 Å². The molecule has 0 bridgehead atoms. The molecule has 2 aromatic carbocycles. The molecular formula is C23H23N3O3. The fourth-order valence-electron chi connectivity index (χ4n) is 4.02. The first-order valence-corrected chi connectivity index (χ1v) is 9.58. The Balaban J connectivity index is 1.74. The third-order valence-corrected chi connectivity index (χ3v) is 5.50. The van der Waals surface area contributed by atoms with Crippen LogP contribution in [-0.4, -0.2) is 39.9 Å². The van der Waals surface area contributed by atoms with Crippen LogP contribution in [0.3, 0.4) is 0 Å². The van der Waals surface area contributed by atoms with Crippen molar-refractivity contribution in [2.75, 3.05) is 13.6 Å². The second kappa shape index (κ2) is 7.91. The van der Waals surface area contributed by atoms with Gasteiger partial charge in [-0.15, -0.1) is 0 Å². The molecule has 0 radical (unpaired) electrons. The van der Waals surface area contributed by atoms with Gasteiger partial charge in [0.25, 0.3) is 0 Å². The van der Waals surface area contributed by atoms with Gasteiger partial charge in [0, 0.05) is 38.4 Å². The van der Waals surface area contributed by atoms with Crippen molar-refractivity contribution < 1.29 is 14.3 Å². The zero-order valence-electron chi connectivity index (χ0n) is 16.4. The number of esters is 1. The molecular weight excluding hydrogens is 366 g/mol. The number of likely N-dealkylation sites (tertiary alicyclic amines) is 1. The average molecular weight is 389 g/mol. The van der Waals surface area contributed by atoms with Crippen LogP contribution in [0.5, 0.6) is 0 Å². The number of rotatable bonds is 5. The second-order valence-electron chi connectivity index (χ2n) is 7.38. The highest BCUT2D eigenvalue weighted by molar-refractivity contribution is 5.90. The van der Waals surface area contributed by atoms with E-state index in [1.165, 1.54) is 0 Å². The maximum Gasteiger partial charge on any atom is 0.338 e. The molecule has 29 heavy (non-hydrogen) atoms. The Bertz CT molecular complexity index is 1000. The molecule has 0 aliphatic carbocycles. The number of hydrogen-bond donors (Lipinski definition) is 0. The highest BCUT2D eigenvalue weighted by Gasteiger charge is 2.47. The standard InChI is InChI=1S/C23H23N3O3/c1-25-14-18(19-13-24-15-26(19)2)20(22(25)27)21(16-9-5-3-6-10-16)29-23(28)17-11-7-4-8-12-17/h3-13,15,18,20-21H,14H2,1-2H3/t18-,20+,21+/m1/s1. The van der Waals surface area contributed by atoms with E-state index in [-0.39, 0.29) is 11.8 Å². The van der Waals surface area contributed by atoms with Crippen LogP contribution in [0.2, 0.25) is 0 Å². The summed E-state index contributed by atoms with van der Waals surface area (Å²) < 4.78 is 7.90. The van der Waals surface area contributed by atoms with Crippen molar-refractivity contribution in [2.45, 2.75) is 12.0 Å². The van der Waals surface area contributed by atoms with E-state index in [0.29, 0.717) is 12.1 Å². The number of aromatic nitrogens is 2. The van der Waals surface area contributed by atoms with E-state index in [2.05, 4.69) is 4.98 Å². The Hall–Kier alpha value is -3.41. The maximum atomic E-state index is 13.2. The minimum Gasteiger partial charge on any atom is -0.453 e. The number of carbonyl (C=O) groups is 2. The molecule has 1 aliphatic heterocycles. The summed E-state index contributed by atoms with van der Waals surface area (Å²) in [6, 6.07) is 18.3. The molecule has 4 rings (SSSR count). The molecule has 6 nitrogen and oxygen atoms in total. The topological polar surface area (TPSA) is 64.4 Å². The molecule has 2 heterocycles. The minimum absolute atomic E-state index is 0.0362. The molecule has 3 atom stereocenters. The van der Waals surface area contributed by atoms with E-state index in [1.54, 1.807) is 48.7 Å². The predicted molar refractivity (Wildman–Crippen MR) is 108 cm³/mol. The van der Waals surface area contributed by atoms with Crippen molar-refractivity contribution in [2.24, 2.45) is 13.0 Å². The Morgan fingerprint density at radius 3 is 2.34 bits per heavy atom. The van der Waals surface area contributed by atoms with Crippen molar-refractivity contribution in [1.29, 1.82) is 0 Å². The number of hydrogen-bond acceptors (Lipinski definition) is 4. The molecule has 1 saturated heterocycles. The van der Waals surface area contributed by atoms with Gasteiger partial charge in [-0.3, -0.25) is 4.79 Å². The lowest BCUT2D eigenvalue weighted by Gasteiger charge is -2.27. The Morgan fingerprint density at radius 2 is 1.72 bits per heavy atom. The summed E-state index contributed by atoms with van der Waals surface area (Å²) in [5, 5.41) is 0. The van der Waals surface area contributed by atoms with Gasteiger partial charge in [-0.1, -0.05) is 48.5 Å². The van der Waals surface area contributed by atoms with Crippen molar-refractivity contribution in [1.82, 2.24) is 14.5 Å². The zero-order valence-corrected chi connectivity index (χ0v) is 16.4. The van der Waals surface area contributed by atoms with Crippen LogP contribution in [0.25, 0.3) is 0 Å². The van der Waals surface area contributed by atoms with E-state index in [4.69, 9.17) is 4.74 Å². The number of imidazole rings is 1. The van der Waals surface area contributed by atoms with Gasteiger partial charge in [-0.25, -0.2) is 9.78 Å². The van der Waals surface area contributed by atoms with Gasteiger partial charge >= 0.3 is 5.97 Å². The van der Waals surface area contributed by atoms with Gasteiger partial charge in [0.1, 0.15) is 6.10 Å². The van der Waals surface area contributed by atoms with Gasteiger partial charge in [0.05, 0.1) is 17.8 Å². The summed E-state index contributed by atoms with van der Waals surface area (Å²) in [5.74, 6) is -1.13. The largest absolute Gasteiger partial charge is 0.453 e. The second-order valence-corrected chi connectivity index (χ2v) is 7.38.